The van der Waals surface area contributed by atoms with Gasteiger partial charge in [0.05, 0.1) is 26.4 Å². The number of phenols is 1. The maximum absolute atomic E-state index is 13.4. The molecule has 0 radical (unpaired) electrons. The Hall–Kier alpha value is -4.13. The van der Waals surface area contributed by atoms with Crippen LogP contribution in [0.15, 0.2) is 60.7 Å². The van der Waals surface area contributed by atoms with Crippen LogP contribution >= 0.6 is 0 Å². The van der Waals surface area contributed by atoms with Crippen LogP contribution in [0.1, 0.15) is 49.2 Å². The molecule has 7 nitrogen and oxygen atoms in total. The van der Waals surface area contributed by atoms with Gasteiger partial charge in [-0.1, -0.05) is 30.3 Å². The van der Waals surface area contributed by atoms with Crippen LogP contribution < -0.4 is 23.7 Å². The molecule has 0 heterocycles. The molecule has 196 valence electrons. The summed E-state index contributed by atoms with van der Waals surface area (Å²) < 4.78 is 28.6. The van der Waals surface area contributed by atoms with E-state index in [1.807, 2.05) is 58.0 Å². The molecule has 0 aliphatic heterocycles. The van der Waals surface area contributed by atoms with Crippen LogP contribution in [0.25, 0.3) is 6.08 Å². The normalized spacial score (nSPS) is 11.1. The van der Waals surface area contributed by atoms with Crippen LogP contribution in [0.2, 0.25) is 0 Å². The standard InChI is InChI=1S/C30H34O7/c1-19(2)36-27-17-25(32)28(30(29(27)34-6)37-20(3)4)24(31)15-13-22-12-14-23(33-5)16-26(22)35-18-21-10-8-7-9-11-21/h7-17,19-20,32H,18H2,1-6H3/b15-13+. The predicted octanol–water partition coefficient (Wildman–Crippen LogP) is 6.46. The first-order valence-electron chi connectivity index (χ1n) is 12.1. The van der Waals surface area contributed by atoms with Crippen molar-refractivity contribution in [1.82, 2.24) is 0 Å². The van der Waals surface area contributed by atoms with Crippen molar-refractivity contribution in [3.8, 4) is 34.5 Å². The molecule has 7 heteroatoms. The summed E-state index contributed by atoms with van der Waals surface area (Å²) in [4.78, 5) is 13.4. The molecule has 0 aliphatic rings. The van der Waals surface area contributed by atoms with Gasteiger partial charge in [-0.15, -0.1) is 0 Å². The first kappa shape index (κ1) is 27.5. The summed E-state index contributed by atoms with van der Waals surface area (Å²) in [5.74, 6) is 1.10. The molecule has 37 heavy (non-hydrogen) atoms. The summed E-state index contributed by atoms with van der Waals surface area (Å²) in [6.07, 6.45) is 2.54. The van der Waals surface area contributed by atoms with Gasteiger partial charge in [0.15, 0.2) is 17.3 Å². The molecule has 0 spiro atoms. The van der Waals surface area contributed by atoms with Crippen LogP contribution in [-0.4, -0.2) is 37.3 Å². The van der Waals surface area contributed by atoms with Gasteiger partial charge in [0.25, 0.3) is 0 Å². The second-order valence-corrected chi connectivity index (χ2v) is 8.84. The largest absolute Gasteiger partial charge is 0.507 e. The third-order valence-corrected chi connectivity index (χ3v) is 5.22. The number of aromatic hydroxyl groups is 1. The van der Waals surface area contributed by atoms with Crippen LogP contribution in [0, 0.1) is 0 Å². The number of ketones is 1. The zero-order valence-electron chi connectivity index (χ0n) is 22.1. The van der Waals surface area contributed by atoms with Crippen LogP contribution in [0.4, 0.5) is 0 Å². The van der Waals surface area contributed by atoms with Gasteiger partial charge in [-0.05, 0) is 57.5 Å². The summed E-state index contributed by atoms with van der Waals surface area (Å²) in [7, 11) is 3.04. The third kappa shape index (κ3) is 7.19. The van der Waals surface area contributed by atoms with Gasteiger partial charge in [-0.2, -0.15) is 0 Å². The number of hydrogen-bond donors (Lipinski definition) is 1. The molecule has 0 saturated carbocycles. The van der Waals surface area contributed by atoms with Crippen molar-refractivity contribution in [3.63, 3.8) is 0 Å². The van der Waals surface area contributed by atoms with Gasteiger partial charge in [-0.3, -0.25) is 4.79 Å². The van der Waals surface area contributed by atoms with E-state index < -0.39 is 5.78 Å². The number of allylic oxidation sites excluding steroid dienone is 1. The van der Waals surface area contributed by atoms with Gasteiger partial charge in [-0.25, -0.2) is 0 Å². The highest BCUT2D eigenvalue weighted by Crippen LogP contribution is 2.46. The third-order valence-electron chi connectivity index (χ3n) is 5.22. The van der Waals surface area contributed by atoms with Gasteiger partial charge in [0, 0.05) is 17.7 Å². The lowest BCUT2D eigenvalue weighted by molar-refractivity contribution is 0.103. The minimum absolute atomic E-state index is 0.0156. The molecule has 3 aromatic rings. The number of carbonyl (C=O) groups excluding carboxylic acids is 1. The molecule has 3 aromatic carbocycles. The SMILES string of the molecule is COc1ccc(/C=C/C(=O)c2c(O)cc(OC(C)C)c(OC)c2OC(C)C)c(OCc2ccccc2)c1. The topological polar surface area (TPSA) is 83.5 Å². The second kappa shape index (κ2) is 12.7. The molecular weight excluding hydrogens is 472 g/mol. The highest BCUT2D eigenvalue weighted by molar-refractivity contribution is 6.11. The van der Waals surface area contributed by atoms with Gasteiger partial charge in [0.2, 0.25) is 5.75 Å². The molecule has 0 aromatic heterocycles. The molecule has 0 fully saturated rings. The van der Waals surface area contributed by atoms with Crippen LogP contribution in [0.5, 0.6) is 34.5 Å². The molecular formula is C30H34O7. The number of hydrogen-bond acceptors (Lipinski definition) is 7. The molecule has 0 atom stereocenters. The predicted molar refractivity (Wildman–Crippen MR) is 143 cm³/mol. The van der Waals surface area contributed by atoms with E-state index in [1.165, 1.54) is 19.3 Å². The molecule has 3 rings (SSSR count). The summed E-state index contributed by atoms with van der Waals surface area (Å²) in [6.45, 7) is 7.71. The zero-order valence-corrected chi connectivity index (χ0v) is 22.1. The highest BCUT2D eigenvalue weighted by atomic mass is 16.5. The van der Waals surface area contributed by atoms with E-state index in [9.17, 15) is 9.90 Å². The average molecular weight is 507 g/mol. The van der Waals surface area contributed by atoms with Crippen LogP contribution in [0.3, 0.4) is 0 Å². The fourth-order valence-electron chi connectivity index (χ4n) is 3.61. The second-order valence-electron chi connectivity index (χ2n) is 8.84. The Morgan fingerprint density at radius 1 is 0.865 bits per heavy atom. The summed E-state index contributed by atoms with van der Waals surface area (Å²) in [5, 5.41) is 10.8. The molecule has 1 N–H and O–H groups in total. The van der Waals surface area contributed by atoms with Crippen molar-refractivity contribution in [2.75, 3.05) is 14.2 Å². The van der Waals surface area contributed by atoms with E-state index in [1.54, 1.807) is 31.4 Å². The smallest absolute Gasteiger partial charge is 0.204 e. The fourth-order valence-corrected chi connectivity index (χ4v) is 3.61. The summed E-state index contributed by atoms with van der Waals surface area (Å²) in [6, 6.07) is 16.5. The molecule has 0 unspecified atom stereocenters. The number of carbonyl (C=O) groups is 1. The monoisotopic (exact) mass is 506 g/mol. The number of rotatable bonds is 12. The van der Waals surface area contributed by atoms with E-state index in [2.05, 4.69) is 0 Å². The minimum atomic E-state index is -0.465. The Morgan fingerprint density at radius 2 is 1.57 bits per heavy atom. The summed E-state index contributed by atoms with van der Waals surface area (Å²) in [5.41, 5.74) is 1.66. The maximum Gasteiger partial charge on any atom is 0.204 e. The highest BCUT2D eigenvalue weighted by Gasteiger charge is 2.26. The summed E-state index contributed by atoms with van der Waals surface area (Å²) >= 11 is 0. The molecule has 0 amide bonds. The van der Waals surface area contributed by atoms with E-state index in [-0.39, 0.29) is 40.8 Å². The quantitative estimate of drug-likeness (QED) is 0.223. The van der Waals surface area contributed by atoms with E-state index >= 15 is 0 Å². The number of benzene rings is 3. The first-order valence-corrected chi connectivity index (χ1v) is 12.1. The first-order chi connectivity index (χ1) is 17.7. The van der Waals surface area contributed by atoms with Crippen molar-refractivity contribution in [1.29, 1.82) is 0 Å². The Kier molecular flexibility index (Phi) is 9.44. The van der Waals surface area contributed by atoms with Gasteiger partial charge >= 0.3 is 0 Å². The average Bonchev–Trinajstić information content (AvgIpc) is 2.86. The Morgan fingerprint density at radius 3 is 2.19 bits per heavy atom. The van der Waals surface area contributed by atoms with Gasteiger partial charge in [0.1, 0.15) is 29.4 Å². The van der Waals surface area contributed by atoms with Crippen molar-refractivity contribution in [2.24, 2.45) is 0 Å². The maximum atomic E-state index is 13.4. The number of phenolic OH excluding ortho intramolecular Hbond substituents is 1. The van der Waals surface area contributed by atoms with Crippen molar-refractivity contribution in [3.05, 3.63) is 77.4 Å². The van der Waals surface area contributed by atoms with Crippen LogP contribution in [-0.2, 0) is 6.61 Å². The van der Waals surface area contributed by atoms with Crippen molar-refractivity contribution < 1.29 is 33.6 Å². The fraction of sp³-hybridized carbons (Fsp3) is 0.300. The molecule has 0 bridgehead atoms. The van der Waals surface area contributed by atoms with E-state index in [4.69, 9.17) is 23.7 Å². The lowest BCUT2D eigenvalue weighted by Gasteiger charge is -2.21. The Balaban J connectivity index is 1.97. The van der Waals surface area contributed by atoms with Gasteiger partial charge < -0.3 is 28.8 Å². The molecule has 0 aliphatic carbocycles. The number of methoxy groups -OCH3 is 2. The zero-order chi connectivity index (χ0) is 26.9. The molecule has 0 saturated heterocycles. The van der Waals surface area contributed by atoms with Crippen molar-refractivity contribution in [2.45, 2.75) is 46.5 Å². The minimum Gasteiger partial charge on any atom is -0.507 e. The van der Waals surface area contributed by atoms with E-state index in [0.717, 1.165) is 5.56 Å². The number of ether oxygens (including phenoxy) is 5. The van der Waals surface area contributed by atoms with Crippen molar-refractivity contribution >= 4 is 11.9 Å². The lowest BCUT2D eigenvalue weighted by Crippen LogP contribution is -2.13. The lowest BCUT2D eigenvalue weighted by atomic mass is 10.0. The van der Waals surface area contributed by atoms with E-state index in [0.29, 0.717) is 23.7 Å². The Labute approximate surface area is 218 Å². The Bertz CT molecular complexity index is 1230.